The van der Waals surface area contributed by atoms with Gasteiger partial charge in [0.05, 0.1) is 6.04 Å². The highest BCUT2D eigenvalue weighted by molar-refractivity contribution is 6.30. The monoisotopic (exact) mass is 304 g/mol. The van der Waals surface area contributed by atoms with Crippen LogP contribution < -0.4 is 5.73 Å². The lowest BCUT2D eigenvalue weighted by molar-refractivity contribution is -0.150. The standard InChI is InChI=1S/C16H14ClFN2O/c17-12-3-1-2-11(8-12)15-14(19)16(21)20(15)9-10-4-6-13(18)7-5-10/h1-8,14-15H,9,19H2/t14-,15-/m0/s1. The molecule has 1 amide bonds. The van der Waals surface area contributed by atoms with Crippen LogP contribution in [0.15, 0.2) is 48.5 Å². The van der Waals surface area contributed by atoms with E-state index in [1.807, 2.05) is 18.2 Å². The number of carbonyl (C=O) groups excluding carboxylic acids is 1. The summed E-state index contributed by atoms with van der Waals surface area (Å²) in [7, 11) is 0. The van der Waals surface area contributed by atoms with Crippen LogP contribution in [0.5, 0.6) is 0 Å². The summed E-state index contributed by atoms with van der Waals surface area (Å²) in [5.74, 6) is -0.402. The highest BCUT2D eigenvalue weighted by Gasteiger charge is 2.45. The molecule has 2 aromatic carbocycles. The van der Waals surface area contributed by atoms with E-state index in [1.54, 1.807) is 23.1 Å². The Hall–Kier alpha value is -1.91. The van der Waals surface area contributed by atoms with E-state index in [4.69, 9.17) is 17.3 Å². The molecule has 2 aromatic rings. The smallest absolute Gasteiger partial charge is 0.242 e. The van der Waals surface area contributed by atoms with Gasteiger partial charge in [0.15, 0.2) is 0 Å². The lowest BCUT2D eigenvalue weighted by atomic mass is 9.88. The van der Waals surface area contributed by atoms with E-state index >= 15 is 0 Å². The Kier molecular flexibility index (Phi) is 3.66. The van der Waals surface area contributed by atoms with Gasteiger partial charge in [-0.25, -0.2) is 4.39 Å². The predicted molar refractivity (Wildman–Crippen MR) is 79.1 cm³/mol. The van der Waals surface area contributed by atoms with Crippen molar-refractivity contribution in [1.29, 1.82) is 0 Å². The Morgan fingerprint density at radius 1 is 1.19 bits per heavy atom. The molecule has 3 rings (SSSR count). The molecule has 0 aromatic heterocycles. The van der Waals surface area contributed by atoms with Gasteiger partial charge in [-0.3, -0.25) is 4.79 Å². The van der Waals surface area contributed by atoms with Gasteiger partial charge in [-0.05, 0) is 35.4 Å². The second-order valence-electron chi connectivity index (χ2n) is 5.12. The number of nitrogens with two attached hydrogens (primary N) is 1. The first-order valence-electron chi connectivity index (χ1n) is 6.62. The van der Waals surface area contributed by atoms with Crippen molar-refractivity contribution in [3.8, 4) is 0 Å². The van der Waals surface area contributed by atoms with Gasteiger partial charge in [0.25, 0.3) is 0 Å². The molecule has 21 heavy (non-hydrogen) atoms. The fourth-order valence-electron chi connectivity index (χ4n) is 2.62. The molecule has 5 heteroatoms. The third-order valence-corrected chi connectivity index (χ3v) is 3.94. The molecular weight excluding hydrogens is 291 g/mol. The van der Waals surface area contributed by atoms with Crippen molar-refractivity contribution >= 4 is 17.5 Å². The number of nitrogens with zero attached hydrogens (tertiary/aromatic N) is 1. The summed E-state index contributed by atoms with van der Waals surface area (Å²) < 4.78 is 12.9. The lowest BCUT2D eigenvalue weighted by Crippen LogP contribution is -2.62. The largest absolute Gasteiger partial charge is 0.328 e. The zero-order chi connectivity index (χ0) is 15.0. The average Bonchev–Trinajstić information content (AvgIpc) is 2.48. The van der Waals surface area contributed by atoms with Crippen LogP contribution in [0.1, 0.15) is 17.2 Å². The SMILES string of the molecule is N[C@@H]1C(=O)N(Cc2ccc(F)cc2)[C@H]1c1cccc(Cl)c1. The topological polar surface area (TPSA) is 46.3 Å². The summed E-state index contributed by atoms with van der Waals surface area (Å²) in [6, 6.07) is 12.7. The molecule has 2 atom stereocenters. The van der Waals surface area contributed by atoms with E-state index < -0.39 is 6.04 Å². The second kappa shape index (κ2) is 5.47. The van der Waals surface area contributed by atoms with Gasteiger partial charge in [0.2, 0.25) is 5.91 Å². The molecule has 0 aliphatic carbocycles. The molecule has 0 unspecified atom stereocenters. The summed E-state index contributed by atoms with van der Waals surface area (Å²) in [6.45, 7) is 0.407. The number of benzene rings is 2. The fraction of sp³-hybridized carbons (Fsp3) is 0.188. The molecule has 0 radical (unpaired) electrons. The van der Waals surface area contributed by atoms with Crippen LogP contribution in [-0.2, 0) is 11.3 Å². The summed E-state index contributed by atoms with van der Waals surface area (Å²) in [5, 5.41) is 0.612. The van der Waals surface area contributed by atoms with E-state index in [2.05, 4.69) is 0 Å². The minimum atomic E-state index is -0.552. The van der Waals surface area contributed by atoms with Crippen molar-refractivity contribution in [2.75, 3.05) is 0 Å². The molecule has 1 aliphatic heterocycles. The van der Waals surface area contributed by atoms with Gasteiger partial charge in [-0.15, -0.1) is 0 Å². The Balaban J connectivity index is 1.83. The Labute approximate surface area is 127 Å². The summed E-state index contributed by atoms with van der Waals surface area (Å²) >= 11 is 5.99. The average molecular weight is 305 g/mol. The van der Waals surface area contributed by atoms with Crippen LogP contribution in [-0.4, -0.2) is 16.8 Å². The number of amides is 1. The van der Waals surface area contributed by atoms with Crippen molar-refractivity contribution in [3.05, 3.63) is 70.5 Å². The highest BCUT2D eigenvalue weighted by Crippen LogP contribution is 2.35. The maximum atomic E-state index is 12.9. The van der Waals surface area contributed by atoms with Crippen LogP contribution in [0.25, 0.3) is 0 Å². The maximum Gasteiger partial charge on any atom is 0.242 e. The molecule has 1 aliphatic rings. The summed E-state index contributed by atoms with van der Waals surface area (Å²) in [6.07, 6.45) is 0. The first-order chi connectivity index (χ1) is 10.1. The highest BCUT2D eigenvalue weighted by atomic mass is 35.5. The molecule has 0 spiro atoms. The van der Waals surface area contributed by atoms with E-state index in [0.29, 0.717) is 11.6 Å². The first kappa shape index (κ1) is 14.0. The molecule has 3 nitrogen and oxygen atoms in total. The van der Waals surface area contributed by atoms with E-state index in [-0.39, 0.29) is 17.8 Å². The van der Waals surface area contributed by atoms with Crippen LogP contribution in [0.2, 0.25) is 5.02 Å². The number of hydrogen-bond acceptors (Lipinski definition) is 2. The summed E-state index contributed by atoms with van der Waals surface area (Å²) in [4.78, 5) is 13.7. The molecule has 0 bridgehead atoms. The fourth-order valence-corrected chi connectivity index (χ4v) is 2.81. The van der Waals surface area contributed by atoms with E-state index in [9.17, 15) is 9.18 Å². The van der Waals surface area contributed by atoms with Gasteiger partial charge >= 0.3 is 0 Å². The van der Waals surface area contributed by atoms with Crippen molar-refractivity contribution in [3.63, 3.8) is 0 Å². The van der Waals surface area contributed by atoms with Gasteiger partial charge in [0, 0.05) is 11.6 Å². The van der Waals surface area contributed by atoms with Crippen molar-refractivity contribution < 1.29 is 9.18 Å². The number of hydrogen-bond donors (Lipinski definition) is 1. The zero-order valence-corrected chi connectivity index (χ0v) is 11.9. The van der Waals surface area contributed by atoms with Gasteiger partial charge in [-0.2, -0.15) is 0 Å². The second-order valence-corrected chi connectivity index (χ2v) is 5.55. The minimum Gasteiger partial charge on any atom is -0.328 e. The molecule has 0 saturated carbocycles. The van der Waals surface area contributed by atoms with Crippen LogP contribution >= 0.6 is 11.6 Å². The van der Waals surface area contributed by atoms with Gasteiger partial charge in [-0.1, -0.05) is 35.9 Å². The normalized spacial score (nSPS) is 21.3. The summed E-state index contributed by atoms with van der Waals surface area (Å²) in [5.41, 5.74) is 7.70. The van der Waals surface area contributed by atoms with Crippen LogP contribution in [0, 0.1) is 5.82 Å². The van der Waals surface area contributed by atoms with Gasteiger partial charge < -0.3 is 10.6 Å². The number of rotatable bonds is 3. The Morgan fingerprint density at radius 2 is 1.90 bits per heavy atom. The van der Waals surface area contributed by atoms with Crippen LogP contribution in [0.4, 0.5) is 4.39 Å². The molecule has 2 N–H and O–H groups in total. The molecule has 1 heterocycles. The van der Waals surface area contributed by atoms with Crippen molar-refractivity contribution in [1.82, 2.24) is 4.90 Å². The lowest BCUT2D eigenvalue weighted by Gasteiger charge is -2.45. The number of carbonyl (C=O) groups is 1. The maximum absolute atomic E-state index is 12.9. The van der Waals surface area contributed by atoms with E-state index in [0.717, 1.165) is 11.1 Å². The zero-order valence-electron chi connectivity index (χ0n) is 11.2. The van der Waals surface area contributed by atoms with Crippen molar-refractivity contribution in [2.24, 2.45) is 5.73 Å². The third-order valence-electron chi connectivity index (χ3n) is 3.70. The molecule has 1 saturated heterocycles. The number of likely N-dealkylation sites (tertiary alicyclic amines) is 1. The molecule has 1 fully saturated rings. The molecular formula is C16H14ClFN2O. The first-order valence-corrected chi connectivity index (χ1v) is 7.00. The number of halogens is 2. The number of β-lactam (4-membered cyclic amide) rings is 1. The van der Waals surface area contributed by atoms with E-state index in [1.165, 1.54) is 12.1 Å². The van der Waals surface area contributed by atoms with Crippen LogP contribution in [0.3, 0.4) is 0 Å². The quantitative estimate of drug-likeness (QED) is 0.886. The minimum absolute atomic E-state index is 0.107. The van der Waals surface area contributed by atoms with Gasteiger partial charge in [0.1, 0.15) is 11.9 Å². The predicted octanol–water partition coefficient (Wildman–Crippen LogP) is 2.89. The molecule has 108 valence electrons. The third kappa shape index (κ3) is 2.64. The Morgan fingerprint density at radius 3 is 2.57 bits per heavy atom. The Bertz CT molecular complexity index is 674. The van der Waals surface area contributed by atoms with Crippen molar-refractivity contribution in [2.45, 2.75) is 18.6 Å².